The lowest BCUT2D eigenvalue weighted by Gasteiger charge is -2.09. The van der Waals surface area contributed by atoms with Gasteiger partial charge in [0.15, 0.2) is 0 Å². The van der Waals surface area contributed by atoms with Gasteiger partial charge in [-0.05, 0) is 42.8 Å². The highest BCUT2D eigenvalue weighted by Crippen LogP contribution is 2.32. The van der Waals surface area contributed by atoms with Crippen LogP contribution in [0.25, 0.3) is 0 Å². The molecule has 3 heteroatoms. The van der Waals surface area contributed by atoms with Crippen LogP contribution in [0, 0.1) is 0 Å². The predicted octanol–water partition coefficient (Wildman–Crippen LogP) is 4.10. The van der Waals surface area contributed by atoms with Gasteiger partial charge in [-0.25, -0.2) is 0 Å². The fraction of sp³-hybridized carbons (Fsp3) is 0.143. The predicted molar refractivity (Wildman–Crippen MR) is 77.5 cm³/mol. The van der Waals surface area contributed by atoms with Crippen molar-refractivity contribution in [3.8, 4) is 0 Å². The maximum atomic E-state index is 5.64. The molecule has 88 valence electrons. The van der Waals surface area contributed by atoms with Crippen LogP contribution in [-0.2, 0) is 6.42 Å². The van der Waals surface area contributed by atoms with Crippen molar-refractivity contribution >= 4 is 27.7 Å². The summed E-state index contributed by atoms with van der Waals surface area (Å²) in [6.07, 6.45) is 0.919. The van der Waals surface area contributed by atoms with E-state index in [1.807, 2.05) is 6.07 Å². The average Bonchev–Trinajstić information content (AvgIpc) is 2.34. The van der Waals surface area contributed by atoms with E-state index in [0.717, 1.165) is 10.9 Å². The summed E-state index contributed by atoms with van der Waals surface area (Å²) < 4.78 is 1.11. The largest absolute Gasteiger partial charge is 0.330 e. The maximum Gasteiger partial charge on any atom is 0.0186 e. The van der Waals surface area contributed by atoms with Gasteiger partial charge in [-0.15, -0.1) is 0 Å². The molecule has 0 saturated carbocycles. The molecule has 2 aromatic carbocycles. The summed E-state index contributed by atoms with van der Waals surface area (Å²) in [5, 5.41) is 0. The summed E-state index contributed by atoms with van der Waals surface area (Å²) in [5.41, 5.74) is 6.95. The molecule has 2 rings (SSSR count). The van der Waals surface area contributed by atoms with Crippen LogP contribution in [0.4, 0.5) is 0 Å². The van der Waals surface area contributed by atoms with Gasteiger partial charge in [-0.1, -0.05) is 52.0 Å². The Balaban J connectivity index is 2.27. The normalized spacial score (nSPS) is 10.5. The Bertz CT molecular complexity index is 485. The highest BCUT2D eigenvalue weighted by Gasteiger charge is 2.04. The van der Waals surface area contributed by atoms with E-state index in [4.69, 9.17) is 5.73 Å². The molecule has 0 aromatic heterocycles. The Morgan fingerprint density at radius 3 is 2.53 bits per heavy atom. The van der Waals surface area contributed by atoms with Crippen molar-refractivity contribution in [1.82, 2.24) is 0 Å². The molecule has 17 heavy (non-hydrogen) atoms. The first-order valence-electron chi connectivity index (χ1n) is 5.51. The molecule has 0 aliphatic heterocycles. The minimum atomic E-state index is 0.685. The average molecular weight is 308 g/mol. The van der Waals surface area contributed by atoms with Gasteiger partial charge in [0, 0.05) is 14.3 Å². The molecule has 0 aliphatic carbocycles. The Hall–Kier alpha value is -0.770. The van der Waals surface area contributed by atoms with Crippen molar-refractivity contribution in [2.45, 2.75) is 16.2 Å². The smallest absolute Gasteiger partial charge is 0.0186 e. The van der Waals surface area contributed by atoms with Crippen molar-refractivity contribution < 1.29 is 0 Å². The van der Waals surface area contributed by atoms with Crippen LogP contribution in [0.15, 0.2) is 62.8 Å². The molecular formula is C14H14BrNS. The van der Waals surface area contributed by atoms with E-state index < -0.39 is 0 Å². The number of benzene rings is 2. The summed E-state index contributed by atoms with van der Waals surface area (Å²) in [6, 6.07) is 16.8. The fourth-order valence-electron chi connectivity index (χ4n) is 1.60. The van der Waals surface area contributed by atoms with Crippen LogP contribution in [-0.4, -0.2) is 6.54 Å². The number of rotatable bonds is 4. The number of hydrogen-bond donors (Lipinski definition) is 1. The molecule has 0 radical (unpaired) electrons. The zero-order chi connectivity index (χ0) is 12.1. The van der Waals surface area contributed by atoms with Crippen LogP contribution in [0.1, 0.15) is 5.56 Å². The SMILES string of the molecule is NCCc1ccc(Br)cc1Sc1ccccc1. The second kappa shape index (κ2) is 6.24. The van der Waals surface area contributed by atoms with Crippen LogP contribution in [0.2, 0.25) is 0 Å². The van der Waals surface area contributed by atoms with E-state index in [-0.39, 0.29) is 0 Å². The molecular weight excluding hydrogens is 294 g/mol. The van der Waals surface area contributed by atoms with Gasteiger partial charge in [-0.3, -0.25) is 0 Å². The van der Waals surface area contributed by atoms with E-state index >= 15 is 0 Å². The summed E-state index contributed by atoms with van der Waals surface area (Å²) >= 11 is 5.30. The van der Waals surface area contributed by atoms with Gasteiger partial charge in [0.25, 0.3) is 0 Å². The molecule has 0 aliphatic rings. The zero-order valence-electron chi connectivity index (χ0n) is 9.40. The Kier molecular flexibility index (Phi) is 4.66. The van der Waals surface area contributed by atoms with E-state index in [9.17, 15) is 0 Å². The minimum absolute atomic E-state index is 0.685. The number of nitrogens with two attached hydrogens (primary N) is 1. The lowest BCUT2D eigenvalue weighted by Crippen LogP contribution is -2.03. The molecule has 0 amide bonds. The maximum absolute atomic E-state index is 5.64. The standard InChI is InChI=1S/C14H14BrNS/c15-12-7-6-11(8-9-16)14(10-12)17-13-4-2-1-3-5-13/h1-7,10H,8-9,16H2. The zero-order valence-corrected chi connectivity index (χ0v) is 11.8. The third-order valence-electron chi connectivity index (χ3n) is 2.41. The third kappa shape index (κ3) is 3.60. The molecule has 0 atom stereocenters. The highest BCUT2D eigenvalue weighted by atomic mass is 79.9. The molecule has 0 unspecified atom stereocenters. The molecule has 0 saturated heterocycles. The van der Waals surface area contributed by atoms with Gasteiger partial charge < -0.3 is 5.73 Å². The summed E-state index contributed by atoms with van der Waals surface area (Å²) in [7, 11) is 0. The Labute approximate surface area is 115 Å². The summed E-state index contributed by atoms with van der Waals surface area (Å²) in [5.74, 6) is 0. The van der Waals surface area contributed by atoms with Crippen molar-refractivity contribution in [2.75, 3.05) is 6.54 Å². The lowest BCUT2D eigenvalue weighted by atomic mass is 10.1. The van der Waals surface area contributed by atoms with E-state index in [1.54, 1.807) is 11.8 Å². The lowest BCUT2D eigenvalue weighted by molar-refractivity contribution is 0.943. The van der Waals surface area contributed by atoms with Gasteiger partial charge in [0.2, 0.25) is 0 Å². The molecule has 2 N–H and O–H groups in total. The fourth-order valence-corrected chi connectivity index (χ4v) is 3.15. The van der Waals surface area contributed by atoms with Gasteiger partial charge in [0.05, 0.1) is 0 Å². The van der Waals surface area contributed by atoms with E-state index in [1.165, 1.54) is 15.4 Å². The molecule has 0 fully saturated rings. The molecule has 2 aromatic rings. The first-order chi connectivity index (χ1) is 8.29. The Morgan fingerprint density at radius 1 is 1.06 bits per heavy atom. The monoisotopic (exact) mass is 307 g/mol. The van der Waals surface area contributed by atoms with Gasteiger partial charge >= 0.3 is 0 Å². The van der Waals surface area contributed by atoms with Crippen molar-refractivity contribution in [3.63, 3.8) is 0 Å². The second-order valence-corrected chi connectivity index (χ2v) is 5.74. The Morgan fingerprint density at radius 2 is 1.82 bits per heavy atom. The number of hydrogen-bond acceptors (Lipinski definition) is 2. The van der Waals surface area contributed by atoms with Crippen molar-refractivity contribution in [1.29, 1.82) is 0 Å². The first kappa shape index (κ1) is 12.7. The topological polar surface area (TPSA) is 26.0 Å². The first-order valence-corrected chi connectivity index (χ1v) is 7.12. The number of halogens is 1. The summed E-state index contributed by atoms with van der Waals surface area (Å²) in [4.78, 5) is 2.53. The van der Waals surface area contributed by atoms with Gasteiger partial charge in [0.1, 0.15) is 0 Å². The quantitative estimate of drug-likeness (QED) is 0.920. The summed E-state index contributed by atoms with van der Waals surface area (Å²) in [6.45, 7) is 0.685. The van der Waals surface area contributed by atoms with Crippen LogP contribution < -0.4 is 5.73 Å². The van der Waals surface area contributed by atoms with Crippen molar-refractivity contribution in [2.24, 2.45) is 5.73 Å². The van der Waals surface area contributed by atoms with E-state index in [2.05, 4.69) is 58.4 Å². The van der Waals surface area contributed by atoms with Gasteiger partial charge in [-0.2, -0.15) is 0 Å². The second-order valence-electron chi connectivity index (χ2n) is 3.71. The van der Waals surface area contributed by atoms with Crippen LogP contribution in [0.3, 0.4) is 0 Å². The molecule has 0 heterocycles. The molecule has 0 bridgehead atoms. The minimum Gasteiger partial charge on any atom is -0.330 e. The van der Waals surface area contributed by atoms with Crippen LogP contribution >= 0.6 is 27.7 Å². The van der Waals surface area contributed by atoms with Crippen molar-refractivity contribution in [3.05, 3.63) is 58.6 Å². The highest BCUT2D eigenvalue weighted by molar-refractivity contribution is 9.10. The van der Waals surface area contributed by atoms with Crippen LogP contribution in [0.5, 0.6) is 0 Å². The van der Waals surface area contributed by atoms with E-state index in [0.29, 0.717) is 6.54 Å². The third-order valence-corrected chi connectivity index (χ3v) is 4.01. The molecule has 1 nitrogen and oxygen atoms in total. The molecule has 0 spiro atoms.